The molecule has 1 fully saturated rings. The number of amides is 1. The molecule has 0 radical (unpaired) electrons. The van der Waals surface area contributed by atoms with Gasteiger partial charge >= 0.3 is 5.97 Å². The van der Waals surface area contributed by atoms with E-state index in [0.717, 1.165) is 16.0 Å². The fourth-order valence-electron chi connectivity index (χ4n) is 6.18. The maximum absolute atomic E-state index is 15.3. The molecule has 1 N–H and O–H groups in total. The summed E-state index contributed by atoms with van der Waals surface area (Å²) in [6.45, 7) is 8.02. The van der Waals surface area contributed by atoms with E-state index < -0.39 is 23.6 Å². The van der Waals surface area contributed by atoms with Crippen LogP contribution in [0, 0.1) is 17.7 Å². The molecule has 1 amide bonds. The van der Waals surface area contributed by atoms with Crippen molar-refractivity contribution in [1.82, 2.24) is 14.9 Å². The lowest BCUT2D eigenvalue weighted by molar-refractivity contribution is -0.154. The van der Waals surface area contributed by atoms with Crippen molar-refractivity contribution in [3.05, 3.63) is 118 Å². The zero-order valence-electron chi connectivity index (χ0n) is 28.9. The van der Waals surface area contributed by atoms with Gasteiger partial charge in [0.05, 0.1) is 10.8 Å². The molecule has 260 valence electrons. The van der Waals surface area contributed by atoms with Gasteiger partial charge in [-0.1, -0.05) is 81.4 Å². The second-order valence-corrected chi connectivity index (χ2v) is 15.1. The summed E-state index contributed by atoms with van der Waals surface area (Å²) >= 11 is 1.44. The number of rotatable bonds is 11. The third kappa shape index (κ3) is 7.86. The number of halogens is 1. The van der Waals surface area contributed by atoms with Crippen LogP contribution in [0.25, 0.3) is 33.6 Å². The summed E-state index contributed by atoms with van der Waals surface area (Å²) in [5.41, 5.74) is 4.09. The minimum absolute atomic E-state index is 0.0181. The van der Waals surface area contributed by atoms with Gasteiger partial charge in [-0.25, -0.2) is 14.4 Å². The Balaban J connectivity index is 1.17. The summed E-state index contributed by atoms with van der Waals surface area (Å²) in [7, 11) is 0. The van der Waals surface area contributed by atoms with Crippen LogP contribution in [0.3, 0.4) is 0 Å². The third-order valence-corrected chi connectivity index (χ3v) is 10.7. The van der Waals surface area contributed by atoms with Crippen LogP contribution in [-0.4, -0.2) is 56.5 Å². The summed E-state index contributed by atoms with van der Waals surface area (Å²) in [5, 5.41) is 9.32. The second-order valence-electron chi connectivity index (χ2n) is 14.0. The lowest BCUT2D eigenvalue weighted by atomic mass is 9.89. The number of thiophene rings is 1. The van der Waals surface area contributed by atoms with Crippen molar-refractivity contribution >= 4 is 34.8 Å². The molecule has 1 atom stereocenters. The largest absolute Gasteiger partial charge is 0.481 e. The number of hydrogen-bond donors (Lipinski definition) is 1. The first-order chi connectivity index (χ1) is 24.3. The quantitative estimate of drug-likeness (QED) is 0.138. The van der Waals surface area contributed by atoms with E-state index in [-0.39, 0.29) is 42.4 Å². The van der Waals surface area contributed by atoms with Gasteiger partial charge < -0.3 is 10.0 Å². The van der Waals surface area contributed by atoms with Crippen molar-refractivity contribution in [2.75, 3.05) is 13.1 Å². The van der Waals surface area contributed by atoms with Crippen LogP contribution in [0.1, 0.15) is 64.6 Å². The summed E-state index contributed by atoms with van der Waals surface area (Å²) in [5.74, 6) is -2.61. The van der Waals surface area contributed by atoms with Crippen molar-refractivity contribution < 1.29 is 28.7 Å². The molecule has 0 spiro atoms. The number of aromatic nitrogens is 2. The molecule has 0 unspecified atom stereocenters. The normalized spacial score (nSPS) is 13.8. The molecule has 2 aromatic heterocycles. The van der Waals surface area contributed by atoms with E-state index >= 15 is 4.39 Å². The molecule has 0 saturated carbocycles. The van der Waals surface area contributed by atoms with Crippen LogP contribution >= 0.6 is 11.3 Å². The zero-order valence-corrected chi connectivity index (χ0v) is 29.7. The minimum Gasteiger partial charge on any atom is -0.481 e. The van der Waals surface area contributed by atoms with E-state index in [1.165, 1.54) is 29.2 Å². The maximum atomic E-state index is 15.3. The summed E-state index contributed by atoms with van der Waals surface area (Å²) in [4.78, 5) is 62.6. The van der Waals surface area contributed by atoms with E-state index in [1.807, 2.05) is 42.5 Å². The van der Waals surface area contributed by atoms with Crippen LogP contribution < -0.4 is 0 Å². The van der Waals surface area contributed by atoms with E-state index in [0.29, 0.717) is 44.9 Å². The highest BCUT2D eigenvalue weighted by Crippen LogP contribution is 2.33. The lowest BCUT2D eigenvalue weighted by Crippen LogP contribution is -2.55. The standard InChI is InChI=1S/C41H38FN3O5S/c1-24(46)31-7-5-6-8-32(31)27-13-14-33(34(42)18-27)29-20-43-38(44-21-29)26-11-9-25(10-12-26)17-28(39(48)45-22-30(23-45)40(49)50)19-35(47)36-15-16-37(51-36)41(2,3)4/h5-16,18,20-21,28,30H,17,19,22-23H2,1-4H3,(H,49,50)/t28-/m1/s1. The van der Waals surface area contributed by atoms with Gasteiger partial charge in [0.2, 0.25) is 5.91 Å². The molecule has 51 heavy (non-hydrogen) atoms. The number of Topliss-reactive ketones (excluding diaryl/α,β-unsaturated/α-hetero) is 2. The second kappa shape index (κ2) is 14.5. The number of benzene rings is 3. The zero-order chi connectivity index (χ0) is 36.4. The van der Waals surface area contributed by atoms with Crippen LogP contribution in [-0.2, 0) is 21.4 Å². The molecule has 0 bridgehead atoms. The molecule has 3 heterocycles. The van der Waals surface area contributed by atoms with E-state index in [4.69, 9.17) is 0 Å². The smallest absolute Gasteiger partial charge is 0.310 e. The van der Waals surface area contributed by atoms with Gasteiger partial charge in [-0.05, 0) is 53.6 Å². The first kappa shape index (κ1) is 35.5. The van der Waals surface area contributed by atoms with Crippen LogP contribution in [0.5, 0.6) is 0 Å². The van der Waals surface area contributed by atoms with Crippen LogP contribution in [0.15, 0.2) is 91.3 Å². The van der Waals surface area contributed by atoms with Crippen molar-refractivity contribution in [3.63, 3.8) is 0 Å². The monoisotopic (exact) mass is 703 g/mol. The van der Waals surface area contributed by atoms with Gasteiger partial charge in [0.1, 0.15) is 5.82 Å². The third-order valence-electron chi connectivity index (χ3n) is 9.19. The van der Waals surface area contributed by atoms with Gasteiger partial charge in [0.15, 0.2) is 17.4 Å². The highest BCUT2D eigenvalue weighted by molar-refractivity contribution is 7.14. The Morgan fingerprint density at radius 1 is 0.882 bits per heavy atom. The average Bonchev–Trinajstić information content (AvgIpc) is 3.59. The Hall–Kier alpha value is -5.35. The number of hydrogen-bond acceptors (Lipinski definition) is 7. The maximum Gasteiger partial charge on any atom is 0.310 e. The number of nitrogens with zero attached hydrogens (tertiary/aromatic N) is 3. The van der Waals surface area contributed by atoms with E-state index in [2.05, 4.69) is 30.7 Å². The fraction of sp³-hybridized carbons (Fsp3) is 0.268. The Labute approximate surface area is 300 Å². The Morgan fingerprint density at radius 3 is 2.16 bits per heavy atom. The van der Waals surface area contributed by atoms with Crippen molar-refractivity contribution in [2.24, 2.45) is 11.8 Å². The summed E-state index contributed by atoms with van der Waals surface area (Å²) in [6, 6.07) is 23.1. The topological polar surface area (TPSA) is 118 Å². The van der Waals surface area contributed by atoms with E-state index in [1.54, 1.807) is 42.7 Å². The van der Waals surface area contributed by atoms with Crippen LogP contribution in [0.4, 0.5) is 4.39 Å². The number of carbonyl (C=O) groups excluding carboxylic acids is 3. The number of carbonyl (C=O) groups is 4. The molecular formula is C41H38FN3O5S. The average molecular weight is 704 g/mol. The van der Waals surface area contributed by atoms with Crippen molar-refractivity contribution in [1.29, 1.82) is 0 Å². The Bertz CT molecular complexity index is 2110. The van der Waals surface area contributed by atoms with Gasteiger partial charge in [0, 0.05) is 65.0 Å². The van der Waals surface area contributed by atoms with Crippen molar-refractivity contribution in [2.45, 2.75) is 46.0 Å². The summed E-state index contributed by atoms with van der Waals surface area (Å²) in [6.07, 6.45) is 3.45. The Morgan fingerprint density at radius 2 is 1.55 bits per heavy atom. The van der Waals surface area contributed by atoms with Gasteiger partial charge in [-0.2, -0.15) is 0 Å². The van der Waals surface area contributed by atoms with Crippen molar-refractivity contribution in [3.8, 4) is 33.6 Å². The number of likely N-dealkylation sites (tertiary alicyclic amines) is 1. The van der Waals surface area contributed by atoms with Gasteiger partial charge in [-0.3, -0.25) is 19.2 Å². The number of carboxylic acid groups (broad SMARTS) is 1. The predicted octanol–water partition coefficient (Wildman–Crippen LogP) is 8.15. The molecule has 1 saturated heterocycles. The summed E-state index contributed by atoms with van der Waals surface area (Å²) < 4.78 is 15.3. The first-order valence-corrected chi connectivity index (χ1v) is 17.6. The lowest BCUT2D eigenvalue weighted by Gasteiger charge is -2.38. The molecule has 6 rings (SSSR count). The van der Waals surface area contributed by atoms with Crippen LogP contribution in [0.2, 0.25) is 0 Å². The molecular weight excluding hydrogens is 666 g/mol. The minimum atomic E-state index is -0.929. The number of carboxylic acids is 1. The Kier molecular flexibility index (Phi) is 10.1. The molecule has 8 nitrogen and oxygen atoms in total. The van der Waals surface area contributed by atoms with Gasteiger partial charge in [-0.15, -0.1) is 11.3 Å². The molecule has 10 heteroatoms. The predicted molar refractivity (Wildman–Crippen MR) is 195 cm³/mol. The highest BCUT2D eigenvalue weighted by atomic mass is 32.1. The molecule has 1 aliphatic heterocycles. The molecule has 1 aliphatic rings. The van der Waals surface area contributed by atoms with E-state index in [9.17, 15) is 24.3 Å². The first-order valence-electron chi connectivity index (χ1n) is 16.7. The SMILES string of the molecule is CC(=O)c1ccccc1-c1ccc(-c2cnc(-c3ccc(C[C@H](CC(=O)c4ccc(C(C)(C)C)s4)C(=O)N4CC(C(=O)O)C4)cc3)nc2)c(F)c1. The molecule has 5 aromatic rings. The molecule has 0 aliphatic carbocycles. The highest BCUT2D eigenvalue weighted by Gasteiger charge is 2.39. The molecule has 3 aromatic carbocycles. The number of ketones is 2. The fourth-order valence-corrected chi connectivity index (χ4v) is 7.20. The number of aliphatic carboxylic acids is 1. The van der Waals surface area contributed by atoms with Gasteiger partial charge in [0.25, 0.3) is 0 Å².